The molecule has 0 radical (unpaired) electrons. The van der Waals surface area contributed by atoms with Crippen molar-refractivity contribution in [2.24, 2.45) is 0 Å². The van der Waals surface area contributed by atoms with Crippen LogP contribution < -0.4 is 0 Å². The van der Waals surface area contributed by atoms with Crippen molar-refractivity contribution in [3.05, 3.63) is 95.1 Å². The molecule has 2 N–H and O–H groups in total. The summed E-state index contributed by atoms with van der Waals surface area (Å²) in [6, 6.07) is 24.2. The van der Waals surface area contributed by atoms with E-state index in [9.17, 15) is 10.2 Å². The van der Waals surface area contributed by atoms with E-state index in [1.165, 1.54) is 5.57 Å². The molecule has 0 aliphatic heterocycles. The first kappa shape index (κ1) is 19.3. The summed E-state index contributed by atoms with van der Waals surface area (Å²) in [5.74, 6) is 0.449. The van der Waals surface area contributed by atoms with Gasteiger partial charge in [0.15, 0.2) is 0 Å². The molecule has 0 aliphatic carbocycles. The van der Waals surface area contributed by atoms with E-state index in [1.54, 1.807) is 24.3 Å². The zero-order valence-corrected chi connectivity index (χ0v) is 15.9. The number of phenols is 2. The van der Waals surface area contributed by atoms with E-state index in [4.69, 9.17) is 5.26 Å². The maximum atomic E-state index is 9.72. The molecule has 0 bridgehead atoms. The summed E-state index contributed by atoms with van der Waals surface area (Å²) in [6.07, 6.45) is 2.99. The molecular weight excluding hydrogens is 346 g/mol. The van der Waals surface area contributed by atoms with Gasteiger partial charge in [0, 0.05) is 0 Å². The van der Waals surface area contributed by atoms with Crippen molar-refractivity contribution in [2.75, 3.05) is 0 Å². The Morgan fingerprint density at radius 1 is 0.750 bits per heavy atom. The van der Waals surface area contributed by atoms with E-state index < -0.39 is 0 Å². The SMILES string of the molecule is CCCCC(=C(c1ccc(O)cc1)c1ccc(O)cc1)c1ccc(C#N)cc1. The van der Waals surface area contributed by atoms with Crippen LogP contribution in [0.3, 0.4) is 0 Å². The molecule has 140 valence electrons. The molecule has 3 aromatic rings. The van der Waals surface area contributed by atoms with Crippen LogP contribution in [0.15, 0.2) is 72.8 Å². The first-order valence-electron chi connectivity index (χ1n) is 9.45. The molecular formula is C25H23NO2. The second-order valence-corrected chi connectivity index (χ2v) is 6.74. The Kier molecular flexibility index (Phi) is 6.14. The van der Waals surface area contributed by atoms with Gasteiger partial charge in [-0.1, -0.05) is 49.7 Å². The predicted molar refractivity (Wildman–Crippen MR) is 113 cm³/mol. The number of hydrogen-bond acceptors (Lipinski definition) is 3. The normalized spacial score (nSPS) is 10.3. The van der Waals surface area contributed by atoms with E-state index in [2.05, 4.69) is 13.0 Å². The summed E-state index contributed by atoms with van der Waals surface area (Å²) in [5.41, 5.74) is 5.96. The number of hydrogen-bond donors (Lipinski definition) is 2. The summed E-state index contributed by atoms with van der Waals surface area (Å²) in [5, 5.41) is 28.6. The van der Waals surface area contributed by atoms with Crippen LogP contribution in [0.2, 0.25) is 0 Å². The lowest BCUT2D eigenvalue weighted by atomic mass is 9.86. The van der Waals surface area contributed by atoms with Crippen molar-refractivity contribution in [1.82, 2.24) is 0 Å². The van der Waals surface area contributed by atoms with Crippen LogP contribution in [0.5, 0.6) is 11.5 Å². The molecule has 0 aliphatic rings. The fourth-order valence-corrected chi connectivity index (χ4v) is 3.28. The molecule has 3 aromatic carbocycles. The Morgan fingerprint density at radius 3 is 1.64 bits per heavy atom. The van der Waals surface area contributed by atoms with Crippen molar-refractivity contribution in [3.63, 3.8) is 0 Å². The second kappa shape index (κ2) is 8.92. The summed E-state index contributed by atoms with van der Waals surface area (Å²) in [7, 11) is 0. The Labute approximate surface area is 165 Å². The van der Waals surface area contributed by atoms with Crippen LogP contribution in [-0.4, -0.2) is 10.2 Å². The monoisotopic (exact) mass is 369 g/mol. The number of nitriles is 1. The lowest BCUT2D eigenvalue weighted by Crippen LogP contribution is -1.96. The van der Waals surface area contributed by atoms with Crippen molar-refractivity contribution in [2.45, 2.75) is 26.2 Å². The van der Waals surface area contributed by atoms with Gasteiger partial charge in [-0.2, -0.15) is 5.26 Å². The van der Waals surface area contributed by atoms with E-state index in [0.717, 1.165) is 41.5 Å². The first-order chi connectivity index (χ1) is 13.6. The van der Waals surface area contributed by atoms with Crippen LogP contribution in [0.4, 0.5) is 0 Å². The van der Waals surface area contributed by atoms with E-state index in [-0.39, 0.29) is 11.5 Å². The van der Waals surface area contributed by atoms with E-state index in [1.807, 2.05) is 48.5 Å². The van der Waals surface area contributed by atoms with Gasteiger partial charge in [-0.15, -0.1) is 0 Å². The van der Waals surface area contributed by atoms with Crippen LogP contribution in [0, 0.1) is 11.3 Å². The first-order valence-corrected chi connectivity index (χ1v) is 9.45. The third kappa shape index (κ3) is 4.42. The third-order valence-corrected chi connectivity index (χ3v) is 4.76. The van der Waals surface area contributed by atoms with Crippen molar-refractivity contribution >= 4 is 11.1 Å². The quantitative estimate of drug-likeness (QED) is 0.515. The van der Waals surface area contributed by atoms with Gasteiger partial charge in [-0.25, -0.2) is 0 Å². The van der Waals surface area contributed by atoms with Crippen molar-refractivity contribution in [3.8, 4) is 17.6 Å². The summed E-state index contributed by atoms with van der Waals surface area (Å²) >= 11 is 0. The van der Waals surface area contributed by atoms with Gasteiger partial charge >= 0.3 is 0 Å². The highest BCUT2D eigenvalue weighted by Crippen LogP contribution is 2.36. The van der Waals surface area contributed by atoms with Gasteiger partial charge in [0.25, 0.3) is 0 Å². The van der Waals surface area contributed by atoms with Crippen LogP contribution in [0.1, 0.15) is 48.4 Å². The number of phenolic OH excluding ortho intramolecular Hbond substituents is 2. The number of nitrogens with zero attached hydrogens (tertiary/aromatic N) is 1. The van der Waals surface area contributed by atoms with Gasteiger partial charge in [0.2, 0.25) is 0 Å². The maximum Gasteiger partial charge on any atom is 0.115 e. The van der Waals surface area contributed by atoms with Gasteiger partial charge < -0.3 is 10.2 Å². The smallest absolute Gasteiger partial charge is 0.115 e. The van der Waals surface area contributed by atoms with Gasteiger partial charge in [0.05, 0.1) is 11.6 Å². The predicted octanol–water partition coefficient (Wildman–Crippen LogP) is 6.12. The maximum absolute atomic E-state index is 9.72. The highest BCUT2D eigenvalue weighted by molar-refractivity contribution is 5.98. The molecule has 0 fully saturated rings. The van der Waals surface area contributed by atoms with E-state index in [0.29, 0.717) is 5.56 Å². The van der Waals surface area contributed by atoms with Crippen LogP contribution in [-0.2, 0) is 0 Å². The molecule has 3 rings (SSSR count). The minimum atomic E-state index is 0.224. The second-order valence-electron chi connectivity index (χ2n) is 6.74. The van der Waals surface area contributed by atoms with Gasteiger partial charge in [-0.05, 0) is 77.1 Å². The van der Waals surface area contributed by atoms with Gasteiger partial charge in [-0.3, -0.25) is 0 Å². The molecule has 0 spiro atoms. The van der Waals surface area contributed by atoms with Crippen LogP contribution in [0.25, 0.3) is 11.1 Å². The molecule has 0 saturated heterocycles. The average Bonchev–Trinajstić information content (AvgIpc) is 2.73. The third-order valence-electron chi connectivity index (χ3n) is 4.76. The fourth-order valence-electron chi connectivity index (χ4n) is 3.28. The van der Waals surface area contributed by atoms with Crippen molar-refractivity contribution < 1.29 is 10.2 Å². The number of allylic oxidation sites excluding steroid dienone is 1. The Bertz CT molecular complexity index is 945. The number of aromatic hydroxyl groups is 2. The molecule has 28 heavy (non-hydrogen) atoms. The molecule has 3 nitrogen and oxygen atoms in total. The average molecular weight is 369 g/mol. The molecule has 0 unspecified atom stereocenters. The Hall–Kier alpha value is -3.51. The fraction of sp³-hybridized carbons (Fsp3) is 0.160. The van der Waals surface area contributed by atoms with Crippen molar-refractivity contribution in [1.29, 1.82) is 5.26 Å². The molecule has 0 saturated carbocycles. The van der Waals surface area contributed by atoms with E-state index >= 15 is 0 Å². The van der Waals surface area contributed by atoms with Gasteiger partial charge in [0.1, 0.15) is 11.5 Å². The standard InChI is InChI=1S/C25H23NO2/c1-2-3-4-24(19-7-5-18(17-26)6-8-19)25(20-9-13-22(27)14-10-20)21-11-15-23(28)16-12-21/h5-16,27-28H,2-4H2,1H3. The highest BCUT2D eigenvalue weighted by Gasteiger charge is 2.14. The lowest BCUT2D eigenvalue weighted by Gasteiger charge is -2.18. The zero-order chi connectivity index (χ0) is 19.9. The Balaban J connectivity index is 2.25. The zero-order valence-electron chi connectivity index (χ0n) is 15.9. The summed E-state index contributed by atoms with van der Waals surface area (Å²) < 4.78 is 0. The summed E-state index contributed by atoms with van der Waals surface area (Å²) in [6.45, 7) is 2.16. The minimum absolute atomic E-state index is 0.224. The number of rotatable bonds is 6. The lowest BCUT2D eigenvalue weighted by molar-refractivity contribution is 0.475. The molecule has 3 heteroatoms. The number of unbranched alkanes of at least 4 members (excludes halogenated alkanes) is 1. The summed E-state index contributed by atoms with van der Waals surface area (Å²) in [4.78, 5) is 0. The molecule has 0 aromatic heterocycles. The molecule has 0 amide bonds. The number of benzene rings is 3. The van der Waals surface area contributed by atoms with Crippen LogP contribution >= 0.6 is 0 Å². The molecule has 0 heterocycles. The largest absolute Gasteiger partial charge is 0.508 e. The molecule has 0 atom stereocenters. The topological polar surface area (TPSA) is 64.2 Å². The Morgan fingerprint density at radius 2 is 1.21 bits per heavy atom. The minimum Gasteiger partial charge on any atom is -0.508 e. The highest BCUT2D eigenvalue weighted by atomic mass is 16.3.